The van der Waals surface area contributed by atoms with Crippen LogP contribution in [-0.2, 0) is 0 Å². The average Bonchev–Trinajstić information content (AvgIpc) is 2.68. The van der Waals surface area contributed by atoms with Gasteiger partial charge in [-0.05, 0) is 47.5 Å². The number of pyridine rings is 1. The number of aromatic amines is 1. The molecule has 0 radical (unpaired) electrons. The largest absolute Gasteiger partial charge is 0.478 e. The van der Waals surface area contributed by atoms with Crippen LogP contribution >= 0.6 is 0 Å². The lowest BCUT2D eigenvalue weighted by Crippen LogP contribution is -2.13. The second-order valence-corrected chi connectivity index (χ2v) is 5.88. The molecule has 4 rings (SSSR count). The van der Waals surface area contributed by atoms with Gasteiger partial charge in [-0.1, -0.05) is 24.3 Å². The monoisotopic (exact) mass is 358 g/mol. The van der Waals surface area contributed by atoms with Gasteiger partial charge in [0.25, 0.3) is 0 Å². The van der Waals surface area contributed by atoms with E-state index >= 15 is 0 Å². The predicted molar refractivity (Wildman–Crippen MR) is 102 cm³/mol. The van der Waals surface area contributed by atoms with Crippen molar-refractivity contribution in [2.24, 2.45) is 0 Å². The van der Waals surface area contributed by atoms with Crippen LogP contribution in [0.3, 0.4) is 0 Å². The number of fused-ring (bicyclic) bond motifs is 1. The van der Waals surface area contributed by atoms with Crippen LogP contribution in [0.4, 0.5) is 11.5 Å². The molecule has 0 saturated heterocycles. The van der Waals surface area contributed by atoms with Crippen molar-refractivity contribution in [2.75, 3.05) is 5.32 Å². The van der Waals surface area contributed by atoms with Crippen LogP contribution in [-0.4, -0.2) is 26.0 Å². The number of H-pyrrole nitrogens is 1. The molecule has 0 bridgehead atoms. The van der Waals surface area contributed by atoms with E-state index in [-0.39, 0.29) is 5.56 Å². The Morgan fingerprint density at radius 2 is 1.81 bits per heavy atom. The molecular formula is C20H14N4O3. The van der Waals surface area contributed by atoms with Gasteiger partial charge in [0, 0.05) is 11.9 Å². The van der Waals surface area contributed by atoms with Gasteiger partial charge in [0.2, 0.25) is 0 Å². The van der Waals surface area contributed by atoms with E-state index in [1.54, 1.807) is 30.5 Å². The fourth-order valence-electron chi connectivity index (χ4n) is 2.80. The fraction of sp³-hybridized carbons (Fsp3) is 0. The fourth-order valence-corrected chi connectivity index (χ4v) is 2.80. The van der Waals surface area contributed by atoms with Crippen molar-refractivity contribution in [3.8, 4) is 11.1 Å². The number of nitrogens with zero attached hydrogens (tertiary/aromatic N) is 2. The molecule has 4 aromatic rings. The molecular weight excluding hydrogens is 344 g/mol. The van der Waals surface area contributed by atoms with E-state index in [9.17, 15) is 9.59 Å². The molecule has 3 N–H and O–H groups in total. The summed E-state index contributed by atoms with van der Waals surface area (Å²) in [7, 11) is 0. The zero-order chi connectivity index (χ0) is 18.8. The number of hydrogen-bond donors (Lipinski definition) is 3. The number of benzene rings is 2. The molecule has 0 unspecified atom stereocenters. The molecule has 0 saturated carbocycles. The first-order chi connectivity index (χ1) is 13.1. The molecule has 132 valence electrons. The van der Waals surface area contributed by atoms with Gasteiger partial charge in [-0.2, -0.15) is 4.98 Å². The van der Waals surface area contributed by atoms with E-state index in [2.05, 4.69) is 20.3 Å². The number of rotatable bonds is 4. The third-order valence-corrected chi connectivity index (χ3v) is 4.09. The van der Waals surface area contributed by atoms with Crippen molar-refractivity contribution in [3.63, 3.8) is 0 Å². The Balaban J connectivity index is 1.65. The Morgan fingerprint density at radius 3 is 2.59 bits per heavy atom. The zero-order valence-corrected chi connectivity index (χ0v) is 14.0. The van der Waals surface area contributed by atoms with Gasteiger partial charge in [-0.15, -0.1) is 0 Å². The quantitative estimate of drug-likeness (QED) is 0.516. The number of nitrogens with one attached hydrogen (secondary N) is 2. The smallest absolute Gasteiger partial charge is 0.348 e. The molecule has 0 aliphatic rings. The van der Waals surface area contributed by atoms with Gasteiger partial charge in [0.15, 0.2) is 5.65 Å². The van der Waals surface area contributed by atoms with Crippen LogP contribution in [0.25, 0.3) is 22.2 Å². The molecule has 2 aromatic heterocycles. The van der Waals surface area contributed by atoms with Crippen LogP contribution in [0.15, 0.2) is 71.7 Å². The molecule has 0 fully saturated rings. The Morgan fingerprint density at radius 1 is 1.00 bits per heavy atom. The number of carboxylic acid groups (broad SMARTS) is 1. The maximum Gasteiger partial charge on any atom is 0.348 e. The topological polar surface area (TPSA) is 108 Å². The highest BCUT2D eigenvalue weighted by atomic mass is 16.4. The standard InChI is InChI=1S/C20H14N4O3/c25-19(26)14-4-1-3-13(11-14)12-6-8-15(9-7-12)22-18-16-5-2-10-21-17(16)23-20(27)24-18/h1-11H,(H,25,26)(H2,21,22,23,24,27). The molecule has 2 heterocycles. The first kappa shape index (κ1) is 16.5. The van der Waals surface area contributed by atoms with Crippen molar-refractivity contribution in [2.45, 2.75) is 0 Å². The summed E-state index contributed by atoms with van der Waals surface area (Å²) in [4.78, 5) is 33.5. The Bertz CT molecular complexity index is 1200. The van der Waals surface area contributed by atoms with E-state index in [0.717, 1.165) is 16.8 Å². The Kier molecular flexibility index (Phi) is 4.10. The maximum atomic E-state index is 11.7. The van der Waals surface area contributed by atoms with Gasteiger partial charge in [-0.3, -0.25) is 4.98 Å². The van der Waals surface area contributed by atoms with Crippen molar-refractivity contribution < 1.29 is 9.90 Å². The van der Waals surface area contributed by atoms with Crippen molar-refractivity contribution >= 4 is 28.5 Å². The second kappa shape index (κ2) is 6.72. The summed E-state index contributed by atoms with van der Waals surface area (Å²) in [5, 5.41) is 13.0. The van der Waals surface area contributed by atoms with Crippen molar-refractivity contribution in [1.29, 1.82) is 0 Å². The van der Waals surface area contributed by atoms with Gasteiger partial charge >= 0.3 is 11.7 Å². The normalized spacial score (nSPS) is 10.7. The molecule has 0 aliphatic heterocycles. The summed E-state index contributed by atoms with van der Waals surface area (Å²) in [5.74, 6) is -0.448. The van der Waals surface area contributed by atoms with E-state index in [1.807, 2.05) is 36.4 Å². The summed E-state index contributed by atoms with van der Waals surface area (Å²) < 4.78 is 0. The zero-order valence-electron chi connectivity index (χ0n) is 14.0. The average molecular weight is 358 g/mol. The van der Waals surface area contributed by atoms with Gasteiger partial charge in [0.05, 0.1) is 10.9 Å². The molecule has 7 nitrogen and oxygen atoms in total. The molecule has 0 spiro atoms. The van der Waals surface area contributed by atoms with Crippen LogP contribution in [0.5, 0.6) is 0 Å². The third-order valence-electron chi connectivity index (χ3n) is 4.09. The summed E-state index contributed by atoms with van der Waals surface area (Å²) >= 11 is 0. The summed E-state index contributed by atoms with van der Waals surface area (Å²) in [5.41, 5.74) is 2.59. The van der Waals surface area contributed by atoms with Gasteiger partial charge in [0.1, 0.15) is 5.82 Å². The summed E-state index contributed by atoms with van der Waals surface area (Å²) in [6.45, 7) is 0. The molecule has 2 aromatic carbocycles. The number of carboxylic acids is 1. The number of carbonyl (C=O) groups is 1. The van der Waals surface area contributed by atoms with Crippen LogP contribution < -0.4 is 11.0 Å². The maximum absolute atomic E-state index is 11.7. The SMILES string of the molecule is O=C(O)c1cccc(-c2ccc(Nc3[nH]c(=O)nc4ncccc34)cc2)c1. The first-order valence-electron chi connectivity index (χ1n) is 8.16. The second-order valence-electron chi connectivity index (χ2n) is 5.88. The minimum absolute atomic E-state index is 0.239. The molecule has 0 aliphatic carbocycles. The molecule has 7 heteroatoms. The van der Waals surface area contributed by atoms with E-state index in [1.165, 1.54) is 0 Å². The highest BCUT2D eigenvalue weighted by Gasteiger charge is 2.07. The predicted octanol–water partition coefficient (Wildman–Crippen LogP) is 3.43. The summed E-state index contributed by atoms with van der Waals surface area (Å²) in [6, 6.07) is 17.8. The molecule has 0 atom stereocenters. The highest BCUT2D eigenvalue weighted by Crippen LogP contribution is 2.25. The minimum atomic E-state index is -0.961. The van der Waals surface area contributed by atoms with Gasteiger partial charge in [-0.25, -0.2) is 14.6 Å². The Hall–Kier alpha value is -4.00. The molecule has 27 heavy (non-hydrogen) atoms. The summed E-state index contributed by atoms with van der Waals surface area (Å²) in [6.07, 6.45) is 1.58. The third kappa shape index (κ3) is 3.38. The van der Waals surface area contributed by atoms with Crippen molar-refractivity contribution in [3.05, 3.63) is 82.9 Å². The van der Waals surface area contributed by atoms with E-state index in [0.29, 0.717) is 16.9 Å². The van der Waals surface area contributed by atoms with Crippen LogP contribution in [0.2, 0.25) is 0 Å². The number of aromatic carboxylic acids is 1. The van der Waals surface area contributed by atoms with Crippen LogP contribution in [0.1, 0.15) is 10.4 Å². The van der Waals surface area contributed by atoms with Crippen molar-refractivity contribution in [1.82, 2.24) is 15.0 Å². The van der Waals surface area contributed by atoms with E-state index in [4.69, 9.17) is 5.11 Å². The highest BCUT2D eigenvalue weighted by molar-refractivity contribution is 5.90. The Labute approximate surface area is 153 Å². The number of anilines is 2. The molecule has 0 amide bonds. The van der Waals surface area contributed by atoms with Gasteiger partial charge < -0.3 is 10.4 Å². The lowest BCUT2D eigenvalue weighted by molar-refractivity contribution is 0.0697. The van der Waals surface area contributed by atoms with E-state index < -0.39 is 11.7 Å². The lowest BCUT2D eigenvalue weighted by atomic mass is 10.0. The lowest BCUT2D eigenvalue weighted by Gasteiger charge is -2.10. The number of hydrogen-bond acceptors (Lipinski definition) is 5. The first-order valence-corrected chi connectivity index (χ1v) is 8.16. The minimum Gasteiger partial charge on any atom is -0.478 e. The van der Waals surface area contributed by atoms with Crippen LogP contribution in [0, 0.1) is 0 Å². The number of aromatic nitrogens is 3.